The average molecular weight is 423 g/mol. The summed E-state index contributed by atoms with van der Waals surface area (Å²) in [5.74, 6) is 0. The molecule has 1 saturated heterocycles. The highest BCUT2D eigenvalue weighted by molar-refractivity contribution is 5.81. The number of anilines is 1. The van der Waals surface area contributed by atoms with Gasteiger partial charge in [-0.2, -0.15) is 5.10 Å². The lowest BCUT2D eigenvalue weighted by Gasteiger charge is -2.38. The Morgan fingerprint density at radius 3 is 2.77 bits per heavy atom. The SMILES string of the molecule is CC(C)n1cnc2cc(N3CCN(CC4OCCc5c4cnn5C)CC3)ccc2c1=O. The van der Waals surface area contributed by atoms with Crippen LogP contribution in [0.5, 0.6) is 0 Å². The second-order valence-corrected chi connectivity index (χ2v) is 8.82. The summed E-state index contributed by atoms with van der Waals surface area (Å²) in [6.07, 6.45) is 4.67. The molecule has 0 N–H and O–H groups in total. The van der Waals surface area contributed by atoms with Gasteiger partial charge in [0.15, 0.2) is 0 Å². The summed E-state index contributed by atoms with van der Waals surface area (Å²) in [6, 6.07) is 6.12. The lowest BCUT2D eigenvalue weighted by Crippen LogP contribution is -2.48. The van der Waals surface area contributed by atoms with E-state index in [1.165, 1.54) is 11.3 Å². The summed E-state index contributed by atoms with van der Waals surface area (Å²) in [5.41, 5.74) is 4.46. The molecule has 8 nitrogen and oxygen atoms in total. The van der Waals surface area contributed by atoms with Gasteiger partial charge in [0.1, 0.15) is 0 Å². The van der Waals surface area contributed by atoms with Crippen LogP contribution in [0.4, 0.5) is 5.69 Å². The summed E-state index contributed by atoms with van der Waals surface area (Å²) in [6.45, 7) is 9.51. The van der Waals surface area contributed by atoms with E-state index in [0.29, 0.717) is 5.39 Å². The maximum atomic E-state index is 12.7. The third kappa shape index (κ3) is 3.74. The largest absolute Gasteiger partial charge is 0.372 e. The van der Waals surface area contributed by atoms with Gasteiger partial charge in [-0.1, -0.05) is 0 Å². The molecule has 164 valence electrons. The minimum Gasteiger partial charge on any atom is -0.372 e. The van der Waals surface area contributed by atoms with Crippen molar-refractivity contribution in [1.82, 2.24) is 24.2 Å². The monoisotopic (exact) mass is 422 g/mol. The van der Waals surface area contributed by atoms with Crippen molar-refractivity contribution in [2.24, 2.45) is 7.05 Å². The van der Waals surface area contributed by atoms with Crippen molar-refractivity contribution < 1.29 is 4.74 Å². The van der Waals surface area contributed by atoms with Crippen LogP contribution in [0.25, 0.3) is 10.9 Å². The smallest absolute Gasteiger partial charge is 0.261 e. The molecule has 1 atom stereocenters. The molecule has 5 rings (SSSR count). The first-order chi connectivity index (χ1) is 15.0. The van der Waals surface area contributed by atoms with Gasteiger partial charge in [-0.25, -0.2) is 4.98 Å². The van der Waals surface area contributed by atoms with E-state index in [0.717, 1.165) is 57.0 Å². The minimum absolute atomic E-state index is 0.0265. The van der Waals surface area contributed by atoms with Gasteiger partial charge in [0.05, 0.1) is 36.1 Å². The number of hydrogen-bond acceptors (Lipinski definition) is 6. The fourth-order valence-electron chi connectivity index (χ4n) is 4.70. The van der Waals surface area contributed by atoms with Gasteiger partial charge in [0.2, 0.25) is 0 Å². The van der Waals surface area contributed by atoms with E-state index in [1.54, 1.807) is 10.9 Å². The van der Waals surface area contributed by atoms with Gasteiger partial charge in [0, 0.05) is 69.2 Å². The molecule has 2 aliphatic heterocycles. The molecule has 1 fully saturated rings. The Hall–Kier alpha value is -2.71. The quantitative estimate of drug-likeness (QED) is 0.642. The van der Waals surface area contributed by atoms with Crippen LogP contribution < -0.4 is 10.5 Å². The molecule has 31 heavy (non-hydrogen) atoms. The number of ether oxygens (including phenoxy) is 1. The van der Waals surface area contributed by atoms with Crippen LogP contribution in [0.3, 0.4) is 0 Å². The number of piperazine rings is 1. The van der Waals surface area contributed by atoms with Crippen molar-refractivity contribution in [3.05, 3.63) is 52.3 Å². The van der Waals surface area contributed by atoms with E-state index in [1.807, 2.05) is 43.9 Å². The predicted octanol–water partition coefficient (Wildman–Crippen LogP) is 2.15. The summed E-state index contributed by atoms with van der Waals surface area (Å²) >= 11 is 0. The van der Waals surface area contributed by atoms with Gasteiger partial charge in [0.25, 0.3) is 5.56 Å². The van der Waals surface area contributed by atoms with E-state index >= 15 is 0 Å². The molecule has 0 aliphatic carbocycles. The predicted molar refractivity (Wildman–Crippen MR) is 121 cm³/mol. The Kier molecular flexibility index (Phi) is 5.27. The van der Waals surface area contributed by atoms with Gasteiger partial charge in [-0.05, 0) is 32.0 Å². The number of aromatic nitrogens is 4. The molecule has 2 aromatic heterocycles. The van der Waals surface area contributed by atoms with Crippen LogP contribution in [-0.4, -0.2) is 63.6 Å². The maximum absolute atomic E-state index is 12.7. The molecular formula is C23H30N6O2. The molecule has 2 aliphatic rings. The molecule has 1 aromatic carbocycles. The summed E-state index contributed by atoms with van der Waals surface area (Å²) in [4.78, 5) is 22.1. The Morgan fingerprint density at radius 1 is 1.19 bits per heavy atom. The molecule has 4 heterocycles. The van der Waals surface area contributed by atoms with Crippen molar-refractivity contribution in [3.8, 4) is 0 Å². The molecule has 8 heteroatoms. The minimum atomic E-state index is 0.0265. The molecule has 0 bridgehead atoms. The fourth-order valence-corrected chi connectivity index (χ4v) is 4.70. The normalized spacial score (nSPS) is 19.9. The van der Waals surface area contributed by atoms with Crippen molar-refractivity contribution in [1.29, 1.82) is 0 Å². The van der Waals surface area contributed by atoms with E-state index in [9.17, 15) is 4.79 Å². The first kappa shape index (κ1) is 20.2. The first-order valence-corrected chi connectivity index (χ1v) is 11.1. The van der Waals surface area contributed by atoms with Crippen LogP contribution in [-0.2, 0) is 18.2 Å². The number of hydrogen-bond donors (Lipinski definition) is 0. The standard InChI is InChI=1S/C23H30N6O2/c1-16(2)29-15-24-20-12-17(4-5-18(20)23(29)30)28-9-7-27(8-10-28)14-22-19-13-25-26(3)21(19)6-11-31-22/h4-5,12-13,15-16,22H,6-11,14H2,1-3H3. The third-order valence-corrected chi connectivity index (χ3v) is 6.58. The van der Waals surface area contributed by atoms with Crippen LogP contribution >= 0.6 is 0 Å². The topological polar surface area (TPSA) is 68.4 Å². The first-order valence-electron chi connectivity index (χ1n) is 11.1. The highest BCUT2D eigenvalue weighted by Crippen LogP contribution is 2.28. The zero-order valence-corrected chi connectivity index (χ0v) is 18.5. The van der Waals surface area contributed by atoms with Crippen molar-refractivity contribution in [3.63, 3.8) is 0 Å². The van der Waals surface area contributed by atoms with Gasteiger partial charge in [-0.3, -0.25) is 18.9 Å². The fraction of sp³-hybridized carbons (Fsp3) is 0.522. The average Bonchev–Trinajstić information content (AvgIpc) is 3.16. The second-order valence-electron chi connectivity index (χ2n) is 8.82. The zero-order valence-electron chi connectivity index (χ0n) is 18.5. The van der Waals surface area contributed by atoms with Gasteiger partial charge < -0.3 is 9.64 Å². The highest BCUT2D eigenvalue weighted by Gasteiger charge is 2.27. The molecule has 0 radical (unpaired) electrons. The zero-order chi connectivity index (χ0) is 21.5. The molecule has 3 aromatic rings. The van der Waals surface area contributed by atoms with Crippen LogP contribution in [0.15, 0.2) is 35.5 Å². The van der Waals surface area contributed by atoms with Crippen LogP contribution in [0.1, 0.15) is 37.3 Å². The van der Waals surface area contributed by atoms with Crippen LogP contribution in [0, 0.1) is 0 Å². The van der Waals surface area contributed by atoms with Gasteiger partial charge in [-0.15, -0.1) is 0 Å². The Morgan fingerprint density at radius 2 is 2.00 bits per heavy atom. The van der Waals surface area contributed by atoms with E-state index in [-0.39, 0.29) is 17.7 Å². The third-order valence-electron chi connectivity index (χ3n) is 6.58. The number of rotatable bonds is 4. The number of nitrogens with zero attached hydrogens (tertiary/aromatic N) is 6. The number of fused-ring (bicyclic) bond motifs is 2. The van der Waals surface area contributed by atoms with Gasteiger partial charge >= 0.3 is 0 Å². The van der Waals surface area contributed by atoms with Crippen molar-refractivity contribution in [2.75, 3.05) is 44.2 Å². The Labute approximate surface area is 182 Å². The molecule has 0 amide bonds. The molecule has 0 saturated carbocycles. The highest BCUT2D eigenvalue weighted by atomic mass is 16.5. The lowest BCUT2D eigenvalue weighted by molar-refractivity contribution is 0.0139. The molecule has 0 spiro atoms. The van der Waals surface area contributed by atoms with Crippen molar-refractivity contribution >= 4 is 16.6 Å². The second kappa shape index (κ2) is 8.09. The summed E-state index contributed by atoms with van der Waals surface area (Å²) in [5, 5.41) is 5.10. The summed E-state index contributed by atoms with van der Waals surface area (Å²) < 4.78 is 9.73. The number of aryl methyl sites for hydroxylation is 1. The van der Waals surface area contributed by atoms with E-state index in [4.69, 9.17) is 4.74 Å². The van der Waals surface area contributed by atoms with Crippen LogP contribution in [0.2, 0.25) is 0 Å². The Balaban J connectivity index is 1.26. The van der Waals surface area contributed by atoms with E-state index in [2.05, 4.69) is 25.9 Å². The molecule has 1 unspecified atom stereocenters. The lowest BCUT2D eigenvalue weighted by atomic mass is 10.0. The number of benzene rings is 1. The Bertz CT molecular complexity index is 1140. The molecular weight excluding hydrogens is 392 g/mol. The van der Waals surface area contributed by atoms with Crippen molar-refractivity contribution in [2.45, 2.75) is 32.4 Å². The summed E-state index contributed by atoms with van der Waals surface area (Å²) in [7, 11) is 2.01. The van der Waals surface area contributed by atoms with E-state index < -0.39 is 0 Å². The maximum Gasteiger partial charge on any atom is 0.261 e.